The maximum absolute atomic E-state index is 13.4. The molecule has 160 valence electrons. The van der Waals surface area contributed by atoms with E-state index in [2.05, 4.69) is 4.98 Å². The highest BCUT2D eigenvalue weighted by atomic mass is 32.2. The Kier molecular flexibility index (Phi) is 6.35. The molecule has 10 heteroatoms. The van der Waals surface area contributed by atoms with Crippen LogP contribution in [0.2, 0.25) is 0 Å². The number of aryl methyl sites for hydroxylation is 1. The standard InChI is InChI=1S/C19H27N3O5S2/c1-12(2)18-20-17(11-21(18)3)29(23,24)22-7-8-28-19(22)13-9-15(26-5)16(27-6)10-14(13)25-4/h9-12,19H,7-8H2,1-6H3. The molecule has 0 aliphatic carbocycles. The largest absolute Gasteiger partial charge is 0.496 e. The van der Waals surface area contributed by atoms with Crippen molar-refractivity contribution < 1.29 is 22.6 Å². The SMILES string of the molecule is COc1cc(OC)c(C2SCCN2S(=O)(=O)c2cn(C)c(C(C)C)n2)cc1OC. The van der Waals surface area contributed by atoms with Crippen LogP contribution in [0.3, 0.4) is 0 Å². The van der Waals surface area contributed by atoms with Crippen LogP contribution in [0.5, 0.6) is 17.2 Å². The lowest BCUT2D eigenvalue weighted by atomic mass is 10.1. The van der Waals surface area contributed by atoms with Crippen LogP contribution in [0.1, 0.15) is 36.5 Å². The van der Waals surface area contributed by atoms with Gasteiger partial charge in [0.15, 0.2) is 16.5 Å². The zero-order valence-electron chi connectivity index (χ0n) is 17.5. The molecule has 1 fully saturated rings. The smallest absolute Gasteiger partial charge is 0.263 e. The summed E-state index contributed by atoms with van der Waals surface area (Å²) in [5.74, 6) is 3.12. The van der Waals surface area contributed by atoms with Gasteiger partial charge in [0.1, 0.15) is 11.6 Å². The third-order valence-electron chi connectivity index (χ3n) is 4.83. The van der Waals surface area contributed by atoms with Crippen molar-refractivity contribution in [1.82, 2.24) is 13.9 Å². The zero-order chi connectivity index (χ0) is 21.3. The lowest BCUT2D eigenvalue weighted by molar-refractivity contribution is 0.344. The Bertz CT molecular complexity index is 988. The molecule has 1 saturated heterocycles. The highest BCUT2D eigenvalue weighted by Gasteiger charge is 2.40. The fourth-order valence-corrected chi connectivity index (χ4v) is 6.66. The van der Waals surface area contributed by atoms with Gasteiger partial charge < -0.3 is 18.8 Å². The Hall–Kier alpha value is -1.91. The Labute approximate surface area is 176 Å². The second-order valence-electron chi connectivity index (χ2n) is 6.99. The summed E-state index contributed by atoms with van der Waals surface area (Å²) in [6.45, 7) is 4.37. The van der Waals surface area contributed by atoms with Gasteiger partial charge in [-0.05, 0) is 6.07 Å². The minimum Gasteiger partial charge on any atom is -0.496 e. The van der Waals surface area contributed by atoms with Gasteiger partial charge in [0.2, 0.25) is 0 Å². The minimum atomic E-state index is -3.78. The number of thioether (sulfide) groups is 1. The summed E-state index contributed by atoms with van der Waals surface area (Å²) in [4.78, 5) is 4.41. The van der Waals surface area contributed by atoms with E-state index in [1.54, 1.807) is 56.0 Å². The third kappa shape index (κ3) is 3.93. The fraction of sp³-hybridized carbons (Fsp3) is 0.526. The molecule has 1 aliphatic heterocycles. The third-order valence-corrected chi connectivity index (χ3v) is 7.94. The van der Waals surface area contributed by atoms with Crippen molar-refractivity contribution in [3.05, 3.63) is 29.7 Å². The number of hydrogen-bond donors (Lipinski definition) is 0. The van der Waals surface area contributed by atoms with Gasteiger partial charge in [0.25, 0.3) is 10.0 Å². The Morgan fingerprint density at radius 3 is 2.28 bits per heavy atom. The fourth-order valence-electron chi connectivity index (χ4n) is 3.42. The van der Waals surface area contributed by atoms with Crippen LogP contribution < -0.4 is 14.2 Å². The number of sulfonamides is 1. The summed E-state index contributed by atoms with van der Waals surface area (Å²) >= 11 is 1.54. The topological polar surface area (TPSA) is 82.9 Å². The molecular formula is C19H27N3O5S2. The lowest BCUT2D eigenvalue weighted by Gasteiger charge is -2.25. The van der Waals surface area contributed by atoms with Crippen molar-refractivity contribution in [3.8, 4) is 17.2 Å². The summed E-state index contributed by atoms with van der Waals surface area (Å²) in [7, 11) is 2.68. The van der Waals surface area contributed by atoms with Gasteiger partial charge in [-0.1, -0.05) is 13.8 Å². The van der Waals surface area contributed by atoms with E-state index in [4.69, 9.17) is 14.2 Å². The molecule has 1 unspecified atom stereocenters. The van der Waals surface area contributed by atoms with Gasteiger partial charge in [-0.15, -0.1) is 11.8 Å². The summed E-state index contributed by atoms with van der Waals surface area (Å²) in [5.41, 5.74) is 0.719. The first kappa shape index (κ1) is 21.8. The number of hydrogen-bond acceptors (Lipinski definition) is 7. The number of methoxy groups -OCH3 is 3. The Morgan fingerprint density at radius 2 is 1.72 bits per heavy atom. The van der Waals surface area contributed by atoms with Crippen LogP contribution in [0.4, 0.5) is 0 Å². The molecule has 0 spiro atoms. The number of benzene rings is 1. The van der Waals surface area contributed by atoms with Crippen LogP contribution in [0.15, 0.2) is 23.4 Å². The van der Waals surface area contributed by atoms with E-state index in [0.29, 0.717) is 29.5 Å². The highest BCUT2D eigenvalue weighted by molar-refractivity contribution is 8.01. The zero-order valence-corrected chi connectivity index (χ0v) is 19.1. The van der Waals surface area contributed by atoms with E-state index in [-0.39, 0.29) is 10.9 Å². The van der Waals surface area contributed by atoms with Crippen molar-refractivity contribution in [3.63, 3.8) is 0 Å². The summed E-state index contributed by atoms with van der Waals surface area (Å²) < 4.78 is 46.4. The molecule has 0 bridgehead atoms. The minimum absolute atomic E-state index is 0.0654. The monoisotopic (exact) mass is 441 g/mol. The first-order chi connectivity index (χ1) is 13.7. The van der Waals surface area contributed by atoms with Gasteiger partial charge in [-0.2, -0.15) is 4.31 Å². The van der Waals surface area contributed by atoms with E-state index in [0.717, 1.165) is 11.4 Å². The summed E-state index contributed by atoms with van der Waals surface area (Å²) in [6, 6.07) is 3.50. The number of imidazole rings is 1. The normalized spacial score (nSPS) is 17.7. The molecule has 0 radical (unpaired) electrons. The Balaban J connectivity index is 2.05. The average Bonchev–Trinajstić information content (AvgIpc) is 3.34. The second kappa shape index (κ2) is 8.45. The van der Waals surface area contributed by atoms with Crippen molar-refractivity contribution in [2.75, 3.05) is 33.6 Å². The molecule has 2 aromatic rings. The van der Waals surface area contributed by atoms with Gasteiger partial charge in [-0.25, -0.2) is 13.4 Å². The predicted molar refractivity (Wildman–Crippen MR) is 112 cm³/mol. The molecule has 1 aromatic heterocycles. The van der Waals surface area contributed by atoms with E-state index in [1.807, 2.05) is 20.9 Å². The molecule has 0 amide bonds. The molecule has 3 rings (SSSR count). The van der Waals surface area contributed by atoms with Crippen molar-refractivity contribution in [1.29, 1.82) is 0 Å². The van der Waals surface area contributed by atoms with Crippen molar-refractivity contribution >= 4 is 21.8 Å². The molecule has 0 N–H and O–H groups in total. The maximum Gasteiger partial charge on any atom is 0.263 e. The first-order valence-corrected chi connectivity index (χ1v) is 11.7. The van der Waals surface area contributed by atoms with E-state index in [9.17, 15) is 8.42 Å². The van der Waals surface area contributed by atoms with Gasteiger partial charge in [-0.3, -0.25) is 0 Å². The molecule has 1 atom stereocenters. The van der Waals surface area contributed by atoms with Gasteiger partial charge >= 0.3 is 0 Å². The molecule has 0 saturated carbocycles. The summed E-state index contributed by atoms with van der Waals surface area (Å²) in [6.07, 6.45) is 1.58. The number of ether oxygens (including phenoxy) is 3. The number of rotatable bonds is 7. The quantitative estimate of drug-likeness (QED) is 0.653. The lowest BCUT2D eigenvalue weighted by Crippen LogP contribution is -2.31. The molecule has 1 aliphatic rings. The highest BCUT2D eigenvalue weighted by Crippen LogP contribution is 2.47. The first-order valence-electron chi connectivity index (χ1n) is 9.21. The van der Waals surface area contributed by atoms with Crippen LogP contribution in [-0.2, 0) is 17.1 Å². The van der Waals surface area contributed by atoms with Crippen molar-refractivity contribution in [2.24, 2.45) is 7.05 Å². The van der Waals surface area contributed by atoms with Crippen LogP contribution >= 0.6 is 11.8 Å². The van der Waals surface area contributed by atoms with Gasteiger partial charge in [0, 0.05) is 43.1 Å². The maximum atomic E-state index is 13.4. The van der Waals surface area contributed by atoms with Crippen LogP contribution in [0, 0.1) is 0 Å². The predicted octanol–water partition coefficient (Wildman–Crippen LogP) is 3.01. The number of nitrogens with zero attached hydrogens (tertiary/aromatic N) is 3. The van der Waals surface area contributed by atoms with Crippen LogP contribution in [-0.4, -0.2) is 55.9 Å². The Morgan fingerprint density at radius 1 is 1.10 bits per heavy atom. The number of aromatic nitrogens is 2. The van der Waals surface area contributed by atoms with E-state index >= 15 is 0 Å². The van der Waals surface area contributed by atoms with Crippen molar-refractivity contribution in [2.45, 2.75) is 30.2 Å². The second-order valence-corrected chi connectivity index (χ2v) is 10.0. The summed E-state index contributed by atoms with van der Waals surface area (Å²) in [5, 5.41) is -0.380. The molecule has 1 aromatic carbocycles. The van der Waals surface area contributed by atoms with Crippen LogP contribution in [0.25, 0.3) is 0 Å². The molecule has 29 heavy (non-hydrogen) atoms. The molecule has 2 heterocycles. The van der Waals surface area contributed by atoms with E-state index in [1.165, 1.54) is 4.31 Å². The van der Waals surface area contributed by atoms with Gasteiger partial charge in [0.05, 0.1) is 26.7 Å². The molecule has 8 nitrogen and oxygen atoms in total. The average molecular weight is 442 g/mol. The molecular weight excluding hydrogens is 414 g/mol. The van der Waals surface area contributed by atoms with E-state index < -0.39 is 15.4 Å².